The summed E-state index contributed by atoms with van der Waals surface area (Å²) in [5.74, 6) is -3.06. The monoisotopic (exact) mass is 279 g/mol. The molecule has 0 aliphatic carbocycles. The number of aliphatic hydroxyl groups excluding tert-OH is 2. The van der Waals surface area contributed by atoms with Gasteiger partial charge in [-0.15, -0.1) is 0 Å². The van der Waals surface area contributed by atoms with Crippen LogP contribution in [0.15, 0.2) is 0 Å². The molecule has 1 aliphatic rings. The van der Waals surface area contributed by atoms with Gasteiger partial charge in [-0.25, -0.2) is 9.59 Å². The Bertz CT molecular complexity index is 368. The Morgan fingerprint density at radius 3 is 2.06 bits per heavy atom. The maximum atomic E-state index is 11.3. The summed E-state index contributed by atoms with van der Waals surface area (Å²) in [7, 11) is 0. The Kier molecular flexibility index (Phi) is 4.46. The molecule has 1 saturated heterocycles. The van der Waals surface area contributed by atoms with Gasteiger partial charge in [-0.1, -0.05) is 24.4 Å². The summed E-state index contributed by atoms with van der Waals surface area (Å²) < 4.78 is 0. The Balaban J connectivity index is 2.63. The van der Waals surface area contributed by atoms with Crippen molar-refractivity contribution >= 4 is 46.4 Å². The number of carbonyl (C=O) groups is 2. The van der Waals surface area contributed by atoms with Gasteiger partial charge in [-0.3, -0.25) is 0 Å². The van der Waals surface area contributed by atoms with Crippen molar-refractivity contribution in [1.29, 1.82) is 0 Å². The molecule has 1 fully saturated rings. The predicted octanol–water partition coefficient (Wildman–Crippen LogP) is -0.998. The fourth-order valence-corrected chi connectivity index (χ4v) is 1.62. The molecule has 1 rings (SSSR count). The van der Waals surface area contributed by atoms with Gasteiger partial charge in [0.05, 0.1) is 0 Å². The van der Waals surface area contributed by atoms with Crippen LogP contribution >= 0.6 is 24.4 Å². The van der Waals surface area contributed by atoms with E-state index in [1.807, 2.05) is 0 Å². The highest BCUT2D eigenvalue weighted by Gasteiger charge is 2.35. The molecule has 0 bridgehead atoms. The Hall–Kier alpha value is -1.16. The summed E-state index contributed by atoms with van der Waals surface area (Å²) in [5.41, 5.74) is 0. The van der Waals surface area contributed by atoms with E-state index in [1.54, 1.807) is 0 Å². The minimum Gasteiger partial charge on any atom is -0.479 e. The molecule has 0 spiro atoms. The molecule has 2 atom stereocenters. The molecule has 1 aliphatic heterocycles. The van der Waals surface area contributed by atoms with E-state index in [2.05, 4.69) is 4.84 Å². The summed E-state index contributed by atoms with van der Waals surface area (Å²) in [6, 6.07) is 0. The minimum absolute atomic E-state index is 0.264. The van der Waals surface area contributed by atoms with Crippen molar-refractivity contribution in [2.75, 3.05) is 0 Å². The van der Waals surface area contributed by atoms with Crippen LogP contribution in [-0.4, -0.2) is 54.5 Å². The van der Waals surface area contributed by atoms with Crippen molar-refractivity contribution in [3.63, 3.8) is 0 Å². The highest BCUT2D eigenvalue weighted by molar-refractivity contribution is 7.82. The molecule has 9 heteroatoms. The molecule has 7 nitrogen and oxygen atoms in total. The van der Waals surface area contributed by atoms with Crippen molar-refractivity contribution in [1.82, 2.24) is 5.06 Å². The van der Waals surface area contributed by atoms with Gasteiger partial charge in [0.1, 0.15) is 9.98 Å². The zero-order valence-corrected chi connectivity index (χ0v) is 10.0. The van der Waals surface area contributed by atoms with E-state index in [-0.39, 0.29) is 9.98 Å². The number of carbonyl (C=O) groups excluding carboxylic acids is 1. The molecular weight excluding hydrogens is 270 g/mol. The van der Waals surface area contributed by atoms with Crippen molar-refractivity contribution in [3.8, 4) is 0 Å². The lowest BCUT2D eigenvalue weighted by Gasteiger charge is -2.19. The number of aliphatic hydroxyl groups is 2. The molecule has 0 radical (unpaired) electrons. The number of rotatable bonds is 4. The second kappa shape index (κ2) is 5.45. The largest absolute Gasteiger partial charge is 0.479 e. The molecule has 0 aromatic carbocycles. The van der Waals surface area contributed by atoms with Gasteiger partial charge in [-0.2, -0.15) is 5.06 Å². The summed E-state index contributed by atoms with van der Waals surface area (Å²) in [6.07, 6.45) is -3.57. The quantitative estimate of drug-likeness (QED) is 0.558. The van der Waals surface area contributed by atoms with Gasteiger partial charge in [0, 0.05) is 12.8 Å². The smallest absolute Gasteiger partial charge is 0.364 e. The first-order chi connectivity index (χ1) is 7.84. The van der Waals surface area contributed by atoms with Crippen molar-refractivity contribution in [2.45, 2.75) is 25.0 Å². The first kappa shape index (κ1) is 13.9. The van der Waals surface area contributed by atoms with Crippen LogP contribution in [0.4, 0.5) is 0 Å². The molecule has 0 amide bonds. The average Bonchev–Trinajstić information content (AvgIpc) is 2.58. The van der Waals surface area contributed by atoms with Crippen LogP contribution < -0.4 is 0 Å². The summed E-state index contributed by atoms with van der Waals surface area (Å²) in [5, 5.41) is 27.4. The Morgan fingerprint density at radius 2 is 1.65 bits per heavy atom. The number of carboxylic acids is 1. The third-order valence-corrected chi connectivity index (χ3v) is 2.72. The lowest BCUT2D eigenvalue weighted by atomic mass is 10.2. The number of thiocarbonyl (C=S) groups is 2. The molecule has 3 N–H and O–H groups in total. The molecule has 17 heavy (non-hydrogen) atoms. The predicted molar refractivity (Wildman–Crippen MR) is 62.0 cm³/mol. The average molecular weight is 279 g/mol. The third-order valence-electron chi connectivity index (χ3n) is 1.98. The van der Waals surface area contributed by atoms with Crippen molar-refractivity contribution in [2.24, 2.45) is 0 Å². The van der Waals surface area contributed by atoms with Crippen LogP contribution in [0.5, 0.6) is 0 Å². The second-order valence-electron chi connectivity index (χ2n) is 3.22. The first-order valence-corrected chi connectivity index (χ1v) is 5.32. The molecular formula is C8H9NO6S2. The van der Waals surface area contributed by atoms with Crippen molar-refractivity contribution in [3.05, 3.63) is 0 Å². The molecule has 94 valence electrons. The maximum absolute atomic E-state index is 11.3. The summed E-state index contributed by atoms with van der Waals surface area (Å²) in [6.45, 7) is 0. The molecule has 0 saturated carbocycles. The van der Waals surface area contributed by atoms with Crippen LogP contribution in [0.3, 0.4) is 0 Å². The van der Waals surface area contributed by atoms with Gasteiger partial charge in [-0.05, 0) is 0 Å². The number of hydrogen-bond acceptors (Lipinski definition) is 7. The zero-order chi connectivity index (χ0) is 13.2. The van der Waals surface area contributed by atoms with Gasteiger partial charge in [0.2, 0.25) is 0 Å². The zero-order valence-electron chi connectivity index (χ0n) is 8.40. The maximum Gasteiger partial charge on any atom is 0.364 e. The van der Waals surface area contributed by atoms with E-state index in [0.717, 1.165) is 5.06 Å². The van der Waals surface area contributed by atoms with Gasteiger partial charge < -0.3 is 20.2 Å². The number of nitrogens with zero attached hydrogens (tertiary/aromatic N) is 1. The normalized spacial score (nSPS) is 19.1. The standard InChI is InChI=1S/C8H9NO6S2/c10-5(7(12)13)6(11)8(14)15-9-3(16)1-2-4(9)17/h5-6,10-11H,1-2H2,(H,12,13). The topological polar surface area (TPSA) is 107 Å². The number of hydrogen-bond donors (Lipinski definition) is 3. The lowest BCUT2D eigenvalue weighted by molar-refractivity contribution is -0.182. The van der Waals surface area contributed by atoms with Gasteiger partial charge in [0.15, 0.2) is 12.2 Å². The van der Waals surface area contributed by atoms with E-state index >= 15 is 0 Å². The first-order valence-electron chi connectivity index (χ1n) is 4.51. The number of hydroxylamine groups is 2. The van der Waals surface area contributed by atoms with E-state index in [0.29, 0.717) is 12.8 Å². The third kappa shape index (κ3) is 3.16. The Morgan fingerprint density at radius 1 is 1.18 bits per heavy atom. The summed E-state index contributed by atoms with van der Waals surface area (Å²) >= 11 is 9.68. The van der Waals surface area contributed by atoms with Crippen LogP contribution in [0, 0.1) is 0 Å². The highest BCUT2D eigenvalue weighted by Crippen LogP contribution is 2.16. The highest BCUT2D eigenvalue weighted by atomic mass is 32.1. The lowest BCUT2D eigenvalue weighted by Crippen LogP contribution is -2.44. The van der Waals surface area contributed by atoms with Crippen LogP contribution in [0.25, 0.3) is 0 Å². The fourth-order valence-electron chi connectivity index (χ4n) is 1.07. The number of carboxylic acid groups (broad SMARTS) is 1. The molecule has 0 aromatic rings. The second-order valence-corrected chi connectivity index (χ2v) is 4.16. The van der Waals surface area contributed by atoms with E-state index in [1.165, 1.54) is 0 Å². The molecule has 1 heterocycles. The Labute approximate surface area is 107 Å². The number of aliphatic carboxylic acids is 1. The van der Waals surface area contributed by atoms with Gasteiger partial charge in [0.25, 0.3) is 0 Å². The summed E-state index contributed by atoms with van der Waals surface area (Å²) in [4.78, 5) is 26.7. The van der Waals surface area contributed by atoms with Crippen molar-refractivity contribution < 1.29 is 29.7 Å². The fraction of sp³-hybridized carbons (Fsp3) is 0.500. The SMILES string of the molecule is O=C(O)C(O)C(O)C(=O)ON1C(=S)CCC1=S. The van der Waals surface area contributed by atoms with Crippen LogP contribution in [-0.2, 0) is 14.4 Å². The molecule has 2 unspecified atom stereocenters. The minimum atomic E-state index is -2.26. The van der Waals surface area contributed by atoms with Gasteiger partial charge >= 0.3 is 11.9 Å². The van der Waals surface area contributed by atoms with E-state index in [4.69, 9.17) is 34.6 Å². The van der Waals surface area contributed by atoms with E-state index < -0.39 is 24.1 Å². The van der Waals surface area contributed by atoms with Crippen LogP contribution in [0.1, 0.15) is 12.8 Å². The molecule has 0 aromatic heterocycles. The van der Waals surface area contributed by atoms with E-state index in [9.17, 15) is 14.7 Å². The van der Waals surface area contributed by atoms with Crippen LogP contribution in [0.2, 0.25) is 0 Å².